The highest BCUT2D eigenvalue weighted by atomic mass is 16.7. The molecule has 0 unspecified atom stereocenters. The van der Waals surface area contributed by atoms with E-state index in [9.17, 15) is 9.59 Å². The van der Waals surface area contributed by atoms with Gasteiger partial charge in [-0.2, -0.15) is 0 Å². The quantitative estimate of drug-likeness (QED) is 0.573. The van der Waals surface area contributed by atoms with Crippen LogP contribution in [0.25, 0.3) is 0 Å². The van der Waals surface area contributed by atoms with Crippen LogP contribution in [-0.4, -0.2) is 29.0 Å². The van der Waals surface area contributed by atoms with Gasteiger partial charge in [0.05, 0.1) is 6.42 Å². The van der Waals surface area contributed by atoms with Crippen LogP contribution in [0.5, 0.6) is 11.5 Å². The third-order valence-corrected chi connectivity index (χ3v) is 5.82. The number of rotatable bonds is 7. The van der Waals surface area contributed by atoms with Crippen molar-refractivity contribution in [3.63, 3.8) is 0 Å². The Kier molecular flexibility index (Phi) is 6.36. The molecule has 0 aliphatic carbocycles. The molecule has 0 saturated carbocycles. The molecule has 1 aliphatic rings. The van der Waals surface area contributed by atoms with Gasteiger partial charge >= 0.3 is 0 Å². The molecule has 33 heavy (non-hydrogen) atoms. The Balaban J connectivity index is 1.58. The van der Waals surface area contributed by atoms with Gasteiger partial charge in [-0.05, 0) is 44.0 Å². The van der Waals surface area contributed by atoms with Crippen molar-refractivity contribution in [1.82, 2.24) is 4.90 Å². The first-order chi connectivity index (χ1) is 15.8. The fourth-order valence-corrected chi connectivity index (χ4v) is 3.72. The monoisotopic (exact) mass is 444 g/mol. The summed E-state index contributed by atoms with van der Waals surface area (Å²) in [5.41, 5.74) is 2.49. The van der Waals surface area contributed by atoms with Crippen molar-refractivity contribution in [2.45, 2.75) is 39.3 Å². The van der Waals surface area contributed by atoms with Gasteiger partial charge in [0.25, 0.3) is 0 Å². The normalized spacial score (nSPS) is 12.3. The molecular weight excluding hydrogens is 416 g/mol. The van der Waals surface area contributed by atoms with Crippen LogP contribution >= 0.6 is 0 Å². The summed E-state index contributed by atoms with van der Waals surface area (Å²) < 4.78 is 10.7. The summed E-state index contributed by atoms with van der Waals surface area (Å²) in [6.07, 6.45) is 0.216. The zero-order chi connectivity index (χ0) is 23.4. The molecular formula is C27H28N2O4. The van der Waals surface area contributed by atoms with Gasteiger partial charge in [-0.3, -0.25) is 9.59 Å². The Hall–Kier alpha value is -3.80. The molecule has 1 heterocycles. The van der Waals surface area contributed by atoms with Gasteiger partial charge in [-0.25, -0.2) is 0 Å². The fourth-order valence-electron chi connectivity index (χ4n) is 3.72. The number of aryl methyl sites for hydroxylation is 1. The highest BCUT2D eigenvalue weighted by Crippen LogP contribution is 2.34. The Morgan fingerprint density at radius 1 is 0.909 bits per heavy atom. The van der Waals surface area contributed by atoms with Gasteiger partial charge in [0.2, 0.25) is 18.6 Å². The molecule has 0 atom stereocenters. The Labute approximate surface area is 194 Å². The van der Waals surface area contributed by atoms with Crippen molar-refractivity contribution in [2.75, 3.05) is 12.1 Å². The van der Waals surface area contributed by atoms with Crippen LogP contribution in [0.15, 0.2) is 72.8 Å². The van der Waals surface area contributed by atoms with Crippen LogP contribution in [-0.2, 0) is 22.6 Å². The number of carbonyl (C=O) groups excluding carboxylic acids is 2. The minimum atomic E-state index is -1.10. The number of carbonyl (C=O) groups is 2. The smallest absolute Gasteiger partial charge is 0.249 e. The average Bonchev–Trinajstić information content (AvgIpc) is 3.27. The largest absolute Gasteiger partial charge is 0.454 e. The van der Waals surface area contributed by atoms with E-state index in [0.717, 1.165) is 16.7 Å². The summed E-state index contributed by atoms with van der Waals surface area (Å²) in [6, 6.07) is 22.8. The molecule has 3 aromatic rings. The van der Waals surface area contributed by atoms with Crippen molar-refractivity contribution in [2.24, 2.45) is 0 Å². The third-order valence-electron chi connectivity index (χ3n) is 5.82. The van der Waals surface area contributed by atoms with Crippen molar-refractivity contribution < 1.29 is 19.1 Å². The van der Waals surface area contributed by atoms with E-state index in [-0.39, 0.29) is 25.0 Å². The van der Waals surface area contributed by atoms with E-state index in [1.165, 1.54) is 0 Å². The maximum atomic E-state index is 13.5. The zero-order valence-corrected chi connectivity index (χ0v) is 19.1. The van der Waals surface area contributed by atoms with Crippen LogP contribution in [0.1, 0.15) is 30.5 Å². The molecule has 6 nitrogen and oxygen atoms in total. The van der Waals surface area contributed by atoms with E-state index in [2.05, 4.69) is 5.32 Å². The van der Waals surface area contributed by atoms with Crippen LogP contribution in [0, 0.1) is 6.92 Å². The van der Waals surface area contributed by atoms with Crippen LogP contribution < -0.4 is 14.8 Å². The van der Waals surface area contributed by atoms with Gasteiger partial charge in [0.15, 0.2) is 11.5 Å². The third kappa shape index (κ3) is 5.17. The molecule has 0 spiro atoms. The molecule has 1 N–H and O–H groups in total. The SMILES string of the molecule is Cc1ccc(CN(C(=O)Cc2ccccc2)C(C)(C)C(=O)Nc2ccc3c(c2)OCO3)cc1. The number of fused-ring (bicyclic) bond motifs is 1. The van der Waals surface area contributed by atoms with Crippen molar-refractivity contribution in [3.8, 4) is 11.5 Å². The molecule has 6 heteroatoms. The summed E-state index contributed by atoms with van der Waals surface area (Å²) >= 11 is 0. The van der Waals surface area contributed by atoms with Gasteiger partial charge < -0.3 is 19.7 Å². The molecule has 0 saturated heterocycles. The number of hydrogen-bond acceptors (Lipinski definition) is 4. The average molecular weight is 445 g/mol. The summed E-state index contributed by atoms with van der Waals surface area (Å²) in [4.78, 5) is 28.5. The molecule has 0 aromatic heterocycles. The Morgan fingerprint density at radius 2 is 1.61 bits per heavy atom. The zero-order valence-electron chi connectivity index (χ0n) is 19.1. The van der Waals surface area contributed by atoms with E-state index >= 15 is 0 Å². The number of hydrogen-bond donors (Lipinski definition) is 1. The predicted octanol–water partition coefficient (Wildman–Crippen LogP) is 4.71. The number of benzene rings is 3. The first kappa shape index (κ1) is 22.4. The van der Waals surface area contributed by atoms with Crippen molar-refractivity contribution in [1.29, 1.82) is 0 Å². The van der Waals surface area contributed by atoms with Gasteiger partial charge in [-0.1, -0.05) is 60.2 Å². The maximum absolute atomic E-state index is 13.5. The highest BCUT2D eigenvalue weighted by Gasteiger charge is 2.38. The lowest BCUT2D eigenvalue weighted by molar-refractivity contribution is -0.144. The summed E-state index contributed by atoms with van der Waals surface area (Å²) in [7, 11) is 0. The second-order valence-corrected chi connectivity index (χ2v) is 8.71. The molecule has 0 bridgehead atoms. The van der Waals surface area contributed by atoms with Crippen molar-refractivity contribution >= 4 is 17.5 Å². The van der Waals surface area contributed by atoms with Gasteiger partial charge in [0, 0.05) is 18.3 Å². The van der Waals surface area contributed by atoms with Crippen molar-refractivity contribution in [3.05, 3.63) is 89.5 Å². The van der Waals surface area contributed by atoms with E-state index in [4.69, 9.17) is 9.47 Å². The Morgan fingerprint density at radius 3 is 2.33 bits per heavy atom. The summed E-state index contributed by atoms with van der Waals surface area (Å²) in [6.45, 7) is 6.05. The number of amides is 2. The molecule has 4 rings (SSSR count). The lowest BCUT2D eigenvalue weighted by Gasteiger charge is -2.37. The lowest BCUT2D eigenvalue weighted by Crippen LogP contribution is -2.55. The highest BCUT2D eigenvalue weighted by molar-refractivity contribution is 6.00. The molecule has 0 radical (unpaired) electrons. The molecule has 0 fully saturated rings. The Bertz CT molecular complexity index is 1140. The second-order valence-electron chi connectivity index (χ2n) is 8.71. The number of nitrogens with one attached hydrogen (secondary N) is 1. The standard InChI is InChI=1S/C27H28N2O4/c1-19-9-11-21(12-10-19)17-29(25(30)15-20-7-5-4-6-8-20)27(2,3)26(31)28-22-13-14-23-24(16-22)33-18-32-23/h4-14,16H,15,17-18H2,1-3H3,(H,28,31). The van der Waals surface area contributed by atoms with Crippen LogP contribution in [0.3, 0.4) is 0 Å². The first-order valence-corrected chi connectivity index (χ1v) is 10.9. The molecule has 2 amide bonds. The lowest BCUT2D eigenvalue weighted by atomic mass is 9.98. The minimum Gasteiger partial charge on any atom is -0.454 e. The molecule has 1 aliphatic heterocycles. The molecule has 170 valence electrons. The predicted molar refractivity (Wildman–Crippen MR) is 127 cm³/mol. The van der Waals surface area contributed by atoms with Crippen LogP contribution in [0.2, 0.25) is 0 Å². The first-order valence-electron chi connectivity index (χ1n) is 10.9. The van der Waals surface area contributed by atoms with Gasteiger partial charge in [0.1, 0.15) is 5.54 Å². The number of anilines is 1. The van der Waals surface area contributed by atoms with E-state index in [0.29, 0.717) is 23.7 Å². The molecule has 3 aromatic carbocycles. The van der Waals surface area contributed by atoms with Crippen LogP contribution in [0.4, 0.5) is 5.69 Å². The second kappa shape index (κ2) is 9.36. The maximum Gasteiger partial charge on any atom is 0.249 e. The minimum absolute atomic E-state index is 0.118. The van der Waals surface area contributed by atoms with E-state index in [1.807, 2.05) is 61.5 Å². The number of nitrogens with zero attached hydrogens (tertiary/aromatic N) is 1. The number of ether oxygens (including phenoxy) is 2. The summed E-state index contributed by atoms with van der Waals surface area (Å²) in [5.74, 6) is 0.830. The fraction of sp³-hybridized carbons (Fsp3) is 0.259. The van der Waals surface area contributed by atoms with E-state index in [1.54, 1.807) is 36.9 Å². The topological polar surface area (TPSA) is 67.9 Å². The van der Waals surface area contributed by atoms with E-state index < -0.39 is 5.54 Å². The van der Waals surface area contributed by atoms with Gasteiger partial charge in [-0.15, -0.1) is 0 Å². The summed E-state index contributed by atoms with van der Waals surface area (Å²) in [5, 5.41) is 2.94.